The molecule has 2 saturated heterocycles. The van der Waals surface area contributed by atoms with Crippen LogP contribution in [-0.2, 0) is 0 Å². The van der Waals surface area contributed by atoms with E-state index in [1.165, 1.54) is 32.6 Å². The molecule has 2 heteroatoms. The van der Waals surface area contributed by atoms with Crippen LogP contribution in [-0.4, -0.2) is 37.6 Å². The maximum absolute atomic E-state index is 3.79. The predicted octanol–water partition coefficient (Wildman–Crippen LogP) is 0.714. The molecule has 0 amide bonds. The lowest BCUT2D eigenvalue weighted by molar-refractivity contribution is 0.107. The molecule has 0 aromatic rings. The first-order valence-electron chi connectivity index (χ1n) is 4.92. The molecule has 12 heavy (non-hydrogen) atoms. The van der Waals surface area contributed by atoms with E-state index in [0.29, 0.717) is 0 Å². The molecule has 0 aliphatic carbocycles. The van der Waals surface area contributed by atoms with Gasteiger partial charge in [-0.1, -0.05) is 6.08 Å². The Morgan fingerprint density at radius 2 is 2.00 bits per heavy atom. The molecule has 2 heterocycles. The topological polar surface area (TPSA) is 15.3 Å². The maximum Gasteiger partial charge on any atom is 0.0160 e. The van der Waals surface area contributed by atoms with Crippen LogP contribution in [0.4, 0.5) is 0 Å². The van der Waals surface area contributed by atoms with E-state index in [1.54, 1.807) is 0 Å². The predicted molar refractivity (Wildman–Crippen MR) is 51.1 cm³/mol. The SMILES string of the molecule is C=CCN1CC2CNCC(C2)C1. The average molecular weight is 166 g/mol. The highest BCUT2D eigenvalue weighted by atomic mass is 15.1. The fourth-order valence-electron chi connectivity index (χ4n) is 2.54. The van der Waals surface area contributed by atoms with Gasteiger partial charge in [-0.15, -0.1) is 6.58 Å². The number of nitrogens with zero attached hydrogens (tertiary/aromatic N) is 1. The summed E-state index contributed by atoms with van der Waals surface area (Å²) < 4.78 is 0. The molecule has 2 rings (SSSR count). The van der Waals surface area contributed by atoms with Crippen LogP contribution in [0.2, 0.25) is 0 Å². The van der Waals surface area contributed by atoms with E-state index in [9.17, 15) is 0 Å². The highest BCUT2D eigenvalue weighted by Crippen LogP contribution is 2.23. The molecule has 2 aliphatic rings. The highest BCUT2D eigenvalue weighted by molar-refractivity contribution is 4.87. The Morgan fingerprint density at radius 1 is 1.33 bits per heavy atom. The third-order valence-corrected chi connectivity index (χ3v) is 2.95. The Kier molecular flexibility index (Phi) is 2.47. The summed E-state index contributed by atoms with van der Waals surface area (Å²) in [5, 5.41) is 3.50. The van der Waals surface area contributed by atoms with Crippen molar-refractivity contribution in [2.45, 2.75) is 6.42 Å². The number of piperidine rings is 2. The highest BCUT2D eigenvalue weighted by Gasteiger charge is 2.29. The van der Waals surface area contributed by atoms with Crippen molar-refractivity contribution in [3.8, 4) is 0 Å². The molecular weight excluding hydrogens is 148 g/mol. The molecule has 2 nitrogen and oxygen atoms in total. The van der Waals surface area contributed by atoms with E-state index < -0.39 is 0 Å². The van der Waals surface area contributed by atoms with Gasteiger partial charge in [-0.2, -0.15) is 0 Å². The average Bonchev–Trinajstić information content (AvgIpc) is 2.04. The zero-order valence-electron chi connectivity index (χ0n) is 7.63. The van der Waals surface area contributed by atoms with Gasteiger partial charge in [-0.05, 0) is 31.3 Å². The van der Waals surface area contributed by atoms with Crippen LogP contribution < -0.4 is 5.32 Å². The lowest BCUT2D eigenvalue weighted by Crippen LogP contribution is -2.50. The summed E-state index contributed by atoms with van der Waals surface area (Å²) in [5.74, 6) is 1.80. The molecule has 68 valence electrons. The van der Waals surface area contributed by atoms with Gasteiger partial charge in [0.05, 0.1) is 0 Å². The quantitative estimate of drug-likeness (QED) is 0.608. The minimum absolute atomic E-state index is 0.900. The first-order chi connectivity index (χ1) is 5.88. The number of likely N-dealkylation sites (tertiary alicyclic amines) is 1. The number of rotatable bonds is 2. The fraction of sp³-hybridized carbons (Fsp3) is 0.800. The number of nitrogens with one attached hydrogen (secondary N) is 1. The fourth-order valence-corrected chi connectivity index (χ4v) is 2.54. The summed E-state index contributed by atoms with van der Waals surface area (Å²) in [7, 11) is 0. The van der Waals surface area contributed by atoms with Crippen molar-refractivity contribution in [2.75, 3.05) is 32.7 Å². The second-order valence-electron chi connectivity index (χ2n) is 4.13. The molecule has 0 aromatic heterocycles. The standard InChI is InChI=1S/C10H18N2/c1-2-3-12-7-9-4-10(8-12)6-11-5-9/h2,9-11H,1,3-8H2. The third-order valence-electron chi connectivity index (χ3n) is 2.95. The van der Waals surface area contributed by atoms with Crippen molar-refractivity contribution in [2.24, 2.45) is 11.8 Å². The minimum Gasteiger partial charge on any atom is -0.316 e. The van der Waals surface area contributed by atoms with Gasteiger partial charge in [0.2, 0.25) is 0 Å². The first kappa shape index (κ1) is 8.27. The van der Waals surface area contributed by atoms with Crippen LogP contribution >= 0.6 is 0 Å². The Balaban J connectivity index is 1.91. The lowest BCUT2D eigenvalue weighted by Gasteiger charge is -2.41. The number of hydrogen-bond acceptors (Lipinski definition) is 2. The van der Waals surface area contributed by atoms with E-state index in [4.69, 9.17) is 0 Å². The van der Waals surface area contributed by atoms with Crippen LogP contribution in [0, 0.1) is 11.8 Å². The van der Waals surface area contributed by atoms with Gasteiger partial charge < -0.3 is 5.32 Å². The van der Waals surface area contributed by atoms with E-state index in [2.05, 4.69) is 16.8 Å². The molecule has 2 aliphatic heterocycles. The van der Waals surface area contributed by atoms with Crippen molar-refractivity contribution >= 4 is 0 Å². The monoisotopic (exact) mass is 166 g/mol. The Bertz CT molecular complexity index is 155. The minimum atomic E-state index is 0.900. The van der Waals surface area contributed by atoms with Gasteiger partial charge >= 0.3 is 0 Å². The summed E-state index contributed by atoms with van der Waals surface area (Å²) in [6.45, 7) is 9.87. The van der Waals surface area contributed by atoms with Gasteiger partial charge in [0.1, 0.15) is 0 Å². The number of fused-ring (bicyclic) bond motifs is 2. The largest absolute Gasteiger partial charge is 0.316 e. The molecule has 0 saturated carbocycles. The number of hydrogen-bond donors (Lipinski definition) is 1. The van der Waals surface area contributed by atoms with Crippen LogP contribution in [0.25, 0.3) is 0 Å². The molecule has 2 fully saturated rings. The van der Waals surface area contributed by atoms with E-state index in [1.807, 2.05) is 6.08 Å². The summed E-state index contributed by atoms with van der Waals surface area (Å²) >= 11 is 0. The molecule has 0 aromatic carbocycles. The zero-order valence-corrected chi connectivity index (χ0v) is 7.63. The van der Waals surface area contributed by atoms with Crippen LogP contribution in [0.15, 0.2) is 12.7 Å². The Hall–Kier alpha value is -0.340. The van der Waals surface area contributed by atoms with Crippen molar-refractivity contribution in [3.63, 3.8) is 0 Å². The van der Waals surface area contributed by atoms with Gasteiger partial charge in [0.15, 0.2) is 0 Å². The second kappa shape index (κ2) is 3.58. The molecule has 2 unspecified atom stereocenters. The maximum atomic E-state index is 3.79. The molecule has 2 atom stereocenters. The van der Waals surface area contributed by atoms with Gasteiger partial charge in [0, 0.05) is 19.6 Å². The second-order valence-corrected chi connectivity index (χ2v) is 4.13. The van der Waals surface area contributed by atoms with Gasteiger partial charge in [-0.25, -0.2) is 0 Å². The Morgan fingerprint density at radius 3 is 2.58 bits per heavy atom. The molecule has 2 bridgehead atoms. The smallest absolute Gasteiger partial charge is 0.0160 e. The van der Waals surface area contributed by atoms with Crippen molar-refractivity contribution in [3.05, 3.63) is 12.7 Å². The first-order valence-corrected chi connectivity index (χ1v) is 4.92. The Labute approximate surface area is 74.6 Å². The van der Waals surface area contributed by atoms with Gasteiger partial charge in [-0.3, -0.25) is 4.90 Å². The van der Waals surface area contributed by atoms with Crippen LogP contribution in [0.1, 0.15) is 6.42 Å². The van der Waals surface area contributed by atoms with E-state index in [0.717, 1.165) is 18.4 Å². The molecule has 1 N–H and O–H groups in total. The summed E-state index contributed by atoms with van der Waals surface area (Å²) in [4.78, 5) is 2.53. The normalized spacial score (nSPS) is 36.3. The summed E-state index contributed by atoms with van der Waals surface area (Å²) in [6, 6.07) is 0. The van der Waals surface area contributed by atoms with Crippen LogP contribution in [0.5, 0.6) is 0 Å². The molecule has 0 radical (unpaired) electrons. The molecular formula is C10H18N2. The van der Waals surface area contributed by atoms with E-state index >= 15 is 0 Å². The van der Waals surface area contributed by atoms with Crippen molar-refractivity contribution in [1.82, 2.24) is 10.2 Å². The van der Waals surface area contributed by atoms with Crippen molar-refractivity contribution in [1.29, 1.82) is 0 Å². The van der Waals surface area contributed by atoms with E-state index in [-0.39, 0.29) is 0 Å². The zero-order chi connectivity index (χ0) is 8.39. The third kappa shape index (κ3) is 1.70. The van der Waals surface area contributed by atoms with Crippen molar-refractivity contribution < 1.29 is 0 Å². The lowest BCUT2D eigenvalue weighted by atomic mass is 9.86. The van der Waals surface area contributed by atoms with Crippen LogP contribution in [0.3, 0.4) is 0 Å². The molecule has 0 spiro atoms. The van der Waals surface area contributed by atoms with Gasteiger partial charge in [0.25, 0.3) is 0 Å². The summed E-state index contributed by atoms with van der Waals surface area (Å²) in [5.41, 5.74) is 0. The summed E-state index contributed by atoms with van der Waals surface area (Å²) in [6.07, 6.45) is 3.47.